The molecular formula is C15H23F3N2. The van der Waals surface area contributed by atoms with Crippen LogP contribution in [0.15, 0.2) is 18.2 Å². The maximum atomic E-state index is 13.0. The van der Waals surface area contributed by atoms with Gasteiger partial charge in [-0.2, -0.15) is 13.2 Å². The van der Waals surface area contributed by atoms with Crippen LogP contribution in [0.1, 0.15) is 23.1 Å². The molecule has 0 bridgehead atoms. The maximum absolute atomic E-state index is 13.0. The van der Waals surface area contributed by atoms with Crippen LogP contribution in [0, 0.1) is 6.92 Å². The Kier molecular flexibility index (Phi) is 6.02. The Hall–Kier alpha value is -1.07. The summed E-state index contributed by atoms with van der Waals surface area (Å²) in [7, 11) is 5.83. The summed E-state index contributed by atoms with van der Waals surface area (Å²) >= 11 is 0. The molecule has 0 aromatic heterocycles. The lowest BCUT2D eigenvalue weighted by Gasteiger charge is -2.21. The third-order valence-electron chi connectivity index (χ3n) is 3.16. The summed E-state index contributed by atoms with van der Waals surface area (Å²) in [6.07, 6.45) is -3.34. The van der Waals surface area contributed by atoms with E-state index < -0.39 is 11.7 Å². The van der Waals surface area contributed by atoms with E-state index in [1.54, 1.807) is 19.1 Å². The van der Waals surface area contributed by atoms with Crippen LogP contribution in [-0.2, 0) is 12.7 Å². The topological polar surface area (TPSA) is 6.48 Å². The number of hydrogen-bond donors (Lipinski definition) is 0. The molecule has 20 heavy (non-hydrogen) atoms. The van der Waals surface area contributed by atoms with Gasteiger partial charge in [-0.1, -0.05) is 17.7 Å². The summed E-state index contributed by atoms with van der Waals surface area (Å²) < 4.78 is 39.0. The summed E-state index contributed by atoms with van der Waals surface area (Å²) in [5, 5.41) is 0. The molecule has 0 aliphatic carbocycles. The van der Waals surface area contributed by atoms with Crippen molar-refractivity contribution in [3.05, 3.63) is 34.9 Å². The average Bonchev–Trinajstić information content (AvgIpc) is 2.29. The number of halogens is 3. The van der Waals surface area contributed by atoms with Crippen molar-refractivity contribution in [1.82, 2.24) is 9.80 Å². The van der Waals surface area contributed by atoms with Gasteiger partial charge in [-0.25, -0.2) is 0 Å². The number of aryl methyl sites for hydroxylation is 1. The summed E-state index contributed by atoms with van der Waals surface area (Å²) in [6, 6.07) is 4.54. The standard InChI is InChI=1S/C15H23F3N2/c1-12-6-7-13(14(10-12)15(16,17)18)11-20(4)9-5-8-19(2)3/h6-7,10H,5,8-9,11H2,1-4H3. The predicted octanol–water partition coefficient (Wildman–Crippen LogP) is 3.40. The van der Waals surface area contributed by atoms with Gasteiger partial charge in [0.25, 0.3) is 0 Å². The minimum absolute atomic E-state index is 0.322. The molecule has 1 rings (SSSR count). The van der Waals surface area contributed by atoms with Gasteiger partial charge >= 0.3 is 6.18 Å². The van der Waals surface area contributed by atoms with Gasteiger partial charge < -0.3 is 9.80 Å². The zero-order chi connectivity index (χ0) is 15.3. The highest BCUT2D eigenvalue weighted by molar-refractivity contribution is 5.33. The zero-order valence-corrected chi connectivity index (χ0v) is 12.6. The van der Waals surface area contributed by atoms with Gasteiger partial charge in [-0.3, -0.25) is 0 Å². The van der Waals surface area contributed by atoms with E-state index in [9.17, 15) is 13.2 Å². The molecule has 0 aliphatic rings. The molecule has 0 amide bonds. The van der Waals surface area contributed by atoms with Crippen LogP contribution < -0.4 is 0 Å². The summed E-state index contributed by atoms with van der Waals surface area (Å²) in [6.45, 7) is 3.72. The van der Waals surface area contributed by atoms with Crippen molar-refractivity contribution in [2.24, 2.45) is 0 Å². The van der Waals surface area contributed by atoms with Gasteiger partial charge in [0.05, 0.1) is 5.56 Å². The van der Waals surface area contributed by atoms with E-state index in [-0.39, 0.29) is 0 Å². The number of alkyl halides is 3. The molecule has 114 valence electrons. The molecule has 0 fully saturated rings. The largest absolute Gasteiger partial charge is 0.416 e. The lowest BCUT2D eigenvalue weighted by atomic mass is 10.0. The first-order chi connectivity index (χ1) is 9.20. The van der Waals surface area contributed by atoms with Gasteiger partial charge in [0, 0.05) is 6.54 Å². The Morgan fingerprint density at radius 1 is 1.05 bits per heavy atom. The molecule has 0 saturated heterocycles. The van der Waals surface area contributed by atoms with E-state index in [1.165, 1.54) is 6.07 Å². The fourth-order valence-corrected chi connectivity index (χ4v) is 2.12. The maximum Gasteiger partial charge on any atom is 0.416 e. The molecule has 0 saturated carbocycles. The van der Waals surface area contributed by atoms with Gasteiger partial charge in [-0.15, -0.1) is 0 Å². The summed E-state index contributed by atoms with van der Waals surface area (Å²) in [5.74, 6) is 0. The van der Waals surface area contributed by atoms with E-state index in [4.69, 9.17) is 0 Å². The van der Waals surface area contributed by atoms with Crippen LogP contribution in [0.25, 0.3) is 0 Å². The van der Waals surface area contributed by atoms with Crippen molar-refractivity contribution in [1.29, 1.82) is 0 Å². The van der Waals surface area contributed by atoms with E-state index >= 15 is 0 Å². The molecule has 0 heterocycles. The van der Waals surface area contributed by atoms with Crippen LogP contribution >= 0.6 is 0 Å². The Morgan fingerprint density at radius 2 is 1.70 bits per heavy atom. The number of nitrogens with zero attached hydrogens (tertiary/aromatic N) is 2. The smallest absolute Gasteiger partial charge is 0.309 e. The molecule has 0 N–H and O–H groups in total. The van der Waals surface area contributed by atoms with Gasteiger partial charge in [0.15, 0.2) is 0 Å². The molecule has 0 spiro atoms. The number of rotatable bonds is 6. The first-order valence-electron chi connectivity index (χ1n) is 6.70. The van der Waals surface area contributed by atoms with Crippen molar-refractivity contribution in [2.45, 2.75) is 26.1 Å². The molecule has 0 aliphatic heterocycles. The summed E-state index contributed by atoms with van der Waals surface area (Å²) in [4.78, 5) is 4.00. The van der Waals surface area contributed by atoms with Crippen LogP contribution in [-0.4, -0.2) is 44.0 Å². The van der Waals surface area contributed by atoms with Crippen LogP contribution in [0.3, 0.4) is 0 Å². The molecule has 2 nitrogen and oxygen atoms in total. The number of hydrogen-bond acceptors (Lipinski definition) is 2. The minimum atomic E-state index is -4.29. The summed E-state index contributed by atoms with van der Waals surface area (Å²) in [5.41, 5.74) is 0.462. The second-order valence-electron chi connectivity index (χ2n) is 5.55. The van der Waals surface area contributed by atoms with Crippen molar-refractivity contribution in [3.63, 3.8) is 0 Å². The molecule has 0 unspecified atom stereocenters. The van der Waals surface area contributed by atoms with E-state index in [0.29, 0.717) is 17.7 Å². The first kappa shape index (κ1) is 17.0. The molecular weight excluding hydrogens is 265 g/mol. The number of benzene rings is 1. The van der Waals surface area contributed by atoms with Crippen molar-refractivity contribution < 1.29 is 13.2 Å². The van der Waals surface area contributed by atoms with Crippen LogP contribution in [0.5, 0.6) is 0 Å². The molecule has 5 heteroatoms. The van der Waals surface area contributed by atoms with Crippen LogP contribution in [0.2, 0.25) is 0 Å². The van der Waals surface area contributed by atoms with E-state index in [2.05, 4.69) is 4.90 Å². The predicted molar refractivity (Wildman–Crippen MR) is 75.7 cm³/mol. The highest BCUT2D eigenvalue weighted by atomic mass is 19.4. The second-order valence-corrected chi connectivity index (χ2v) is 5.55. The van der Waals surface area contributed by atoms with Gasteiger partial charge in [0.1, 0.15) is 0 Å². The van der Waals surface area contributed by atoms with Crippen molar-refractivity contribution >= 4 is 0 Å². The normalized spacial score (nSPS) is 12.4. The lowest BCUT2D eigenvalue weighted by Crippen LogP contribution is -2.24. The highest BCUT2D eigenvalue weighted by Crippen LogP contribution is 2.33. The highest BCUT2D eigenvalue weighted by Gasteiger charge is 2.33. The molecule has 0 radical (unpaired) electrons. The minimum Gasteiger partial charge on any atom is -0.309 e. The first-order valence-corrected chi connectivity index (χ1v) is 6.70. The Balaban J connectivity index is 2.72. The fraction of sp³-hybridized carbons (Fsp3) is 0.600. The lowest BCUT2D eigenvalue weighted by molar-refractivity contribution is -0.138. The third-order valence-corrected chi connectivity index (χ3v) is 3.16. The molecule has 1 aromatic carbocycles. The average molecular weight is 288 g/mol. The SMILES string of the molecule is Cc1ccc(CN(C)CCCN(C)C)c(C(F)(F)F)c1. The Bertz CT molecular complexity index is 428. The third kappa shape index (κ3) is 5.51. The Morgan fingerprint density at radius 3 is 2.25 bits per heavy atom. The van der Waals surface area contributed by atoms with Gasteiger partial charge in [0.2, 0.25) is 0 Å². The molecule has 1 aromatic rings. The second kappa shape index (κ2) is 7.09. The van der Waals surface area contributed by atoms with Gasteiger partial charge in [-0.05, 0) is 59.2 Å². The quantitative estimate of drug-likeness (QED) is 0.791. The van der Waals surface area contributed by atoms with Crippen LogP contribution in [0.4, 0.5) is 13.2 Å². The molecule has 0 atom stereocenters. The zero-order valence-electron chi connectivity index (χ0n) is 12.6. The van der Waals surface area contributed by atoms with E-state index in [0.717, 1.165) is 19.5 Å². The van der Waals surface area contributed by atoms with Crippen molar-refractivity contribution in [2.75, 3.05) is 34.2 Å². The Labute approximate surface area is 119 Å². The van der Waals surface area contributed by atoms with E-state index in [1.807, 2.05) is 26.0 Å². The fourth-order valence-electron chi connectivity index (χ4n) is 2.12. The monoisotopic (exact) mass is 288 g/mol. The van der Waals surface area contributed by atoms with Crippen molar-refractivity contribution in [3.8, 4) is 0 Å².